The fourth-order valence-electron chi connectivity index (χ4n) is 3.07. The monoisotopic (exact) mass is 426 g/mol. The summed E-state index contributed by atoms with van der Waals surface area (Å²) >= 11 is 0. The van der Waals surface area contributed by atoms with Crippen LogP contribution in [0.4, 0.5) is 5.69 Å². The van der Waals surface area contributed by atoms with Crippen molar-refractivity contribution in [2.75, 3.05) is 12.3 Å². The average Bonchev–Trinajstić information content (AvgIpc) is 2.70. The molecule has 0 aliphatic heterocycles. The molecule has 30 heavy (non-hydrogen) atoms. The molecule has 7 N–H and O–H groups in total. The van der Waals surface area contributed by atoms with Gasteiger partial charge in [-0.3, -0.25) is 30.0 Å². The first kappa shape index (κ1) is 25.3. The van der Waals surface area contributed by atoms with Crippen LogP contribution in [0.3, 0.4) is 0 Å². The lowest BCUT2D eigenvalue weighted by atomic mass is 9.80. The first-order chi connectivity index (χ1) is 14.0. The molecule has 168 valence electrons. The van der Waals surface area contributed by atoms with E-state index in [4.69, 9.17) is 15.6 Å². The molecule has 0 bridgehead atoms. The quantitative estimate of drug-likeness (QED) is 0.202. The molecule has 1 aromatic carbocycles. The number of anilines is 1. The van der Waals surface area contributed by atoms with E-state index in [1.807, 2.05) is 0 Å². The number of benzene rings is 1. The Hall–Kier alpha value is -2.73. The topological polar surface area (TPSA) is 171 Å². The number of amides is 3. The largest absolute Gasteiger partial charge is 0.379 e. The lowest BCUT2D eigenvalue weighted by Crippen LogP contribution is -2.60. The molecule has 0 aliphatic carbocycles. The van der Waals surface area contributed by atoms with E-state index in [2.05, 4.69) is 10.6 Å². The van der Waals surface area contributed by atoms with Crippen LogP contribution in [0.5, 0.6) is 0 Å². The molecule has 3 unspecified atom stereocenters. The summed E-state index contributed by atoms with van der Waals surface area (Å²) in [5, 5.41) is 42.8. The maximum atomic E-state index is 13.0. The van der Waals surface area contributed by atoms with Crippen LogP contribution in [-0.2, 0) is 20.8 Å². The Morgan fingerprint density at radius 1 is 1.07 bits per heavy atom. The molecule has 0 fully saturated rings. The van der Waals surface area contributed by atoms with Gasteiger partial charge in [0, 0.05) is 13.5 Å². The van der Waals surface area contributed by atoms with Crippen molar-refractivity contribution in [3.05, 3.63) is 29.8 Å². The van der Waals surface area contributed by atoms with Crippen molar-refractivity contribution in [1.82, 2.24) is 16.1 Å². The molecule has 11 heteroatoms. The van der Waals surface area contributed by atoms with Crippen LogP contribution >= 0.6 is 0 Å². The first-order valence-electron chi connectivity index (χ1n) is 9.41. The Labute approximate surface area is 174 Å². The van der Waals surface area contributed by atoms with Crippen molar-refractivity contribution < 1.29 is 35.1 Å². The standard InChI is InChI=1S/C19H30N4O7/c1-11(2)10-19(27,12(3)16(24)22-28)18(26)21-15(17(25)20-4)9-13-5-7-14(8-6-13)23(29)30/h5-8,11-12,15,27-30H,9-10H2,1-4H3,(H,20,25)(H,21,26)(H,22,24). The summed E-state index contributed by atoms with van der Waals surface area (Å²) in [6.45, 7) is 4.81. The minimum atomic E-state index is -2.16. The Bertz CT molecular complexity index is 739. The highest BCUT2D eigenvalue weighted by Gasteiger charge is 2.46. The molecule has 0 aromatic heterocycles. The van der Waals surface area contributed by atoms with Crippen LogP contribution in [0.2, 0.25) is 0 Å². The molecule has 0 saturated heterocycles. The summed E-state index contributed by atoms with van der Waals surface area (Å²) in [5.74, 6) is -3.83. The molecule has 0 radical (unpaired) electrons. The Kier molecular flexibility index (Phi) is 9.18. The number of nitrogens with zero attached hydrogens (tertiary/aromatic N) is 1. The van der Waals surface area contributed by atoms with Gasteiger partial charge in [0.25, 0.3) is 5.91 Å². The zero-order valence-electron chi connectivity index (χ0n) is 17.4. The molecule has 0 heterocycles. The molecular weight excluding hydrogens is 396 g/mol. The Morgan fingerprint density at radius 3 is 2.07 bits per heavy atom. The van der Waals surface area contributed by atoms with Gasteiger partial charge in [-0.15, -0.1) is 5.23 Å². The van der Waals surface area contributed by atoms with E-state index in [-0.39, 0.29) is 29.7 Å². The Balaban J connectivity index is 3.12. The Morgan fingerprint density at radius 2 is 1.63 bits per heavy atom. The second-order valence-electron chi connectivity index (χ2n) is 7.52. The van der Waals surface area contributed by atoms with E-state index in [1.54, 1.807) is 26.0 Å². The van der Waals surface area contributed by atoms with Gasteiger partial charge in [0.05, 0.1) is 11.6 Å². The number of hydrogen-bond acceptors (Lipinski definition) is 8. The zero-order valence-corrected chi connectivity index (χ0v) is 17.4. The number of aliphatic hydroxyl groups is 1. The zero-order chi connectivity index (χ0) is 23.1. The highest BCUT2D eigenvalue weighted by atomic mass is 16.8. The van der Waals surface area contributed by atoms with Crippen LogP contribution < -0.4 is 21.3 Å². The van der Waals surface area contributed by atoms with Gasteiger partial charge in [0.1, 0.15) is 6.04 Å². The highest BCUT2D eigenvalue weighted by molar-refractivity contribution is 5.95. The van der Waals surface area contributed by atoms with Crippen LogP contribution in [-0.4, -0.2) is 57.1 Å². The normalized spacial score (nSPS) is 15.0. The fourth-order valence-corrected chi connectivity index (χ4v) is 3.07. The smallest absolute Gasteiger partial charge is 0.253 e. The first-order valence-corrected chi connectivity index (χ1v) is 9.41. The third kappa shape index (κ3) is 6.39. The van der Waals surface area contributed by atoms with Gasteiger partial charge in [-0.25, -0.2) is 5.48 Å². The lowest BCUT2D eigenvalue weighted by Gasteiger charge is -2.34. The molecule has 3 amide bonds. The summed E-state index contributed by atoms with van der Waals surface area (Å²) in [6.07, 6.45) is -0.0354. The number of rotatable bonds is 10. The second-order valence-corrected chi connectivity index (χ2v) is 7.52. The van der Waals surface area contributed by atoms with E-state index in [9.17, 15) is 19.5 Å². The van der Waals surface area contributed by atoms with Crippen LogP contribution in [0.1, 0.15) is 32.8 Å². The molecule has 0 aliphatic rings. The van der Waals surface area contributed by atoms with Gasteiger partial charge in [-0.05, 0) is 30.0 Å². The van der Waals surface area contributed by atoms with E-state index in [1.165, 1.54) is 31.6 Å². The summed E-state index contributed by atoms with van der Waals surface area (Å²) in [4.78, 5) is 37.1. The number of likely N-dealkylation sites (N-methyl/N-ethyl adjacent to an activating group) is 1. The summed E-state index contributed by atoms with van der Waals surface area (Å²) in [7, 11) is 1.39. The van der Waals surface area contributed by atoms with E-state index in [0.717, 1.165) is 0 Å². The predicted molar refractivity (Wildman–Crippen MR) is 106 cm³/mol. The van der Waals surface area contributed by atoms with Gasteiger partial charge >= 0.3 is 0 Å². The fraction of sp³-hybridized carbons (Fsp3) is 0.526. The van der Waals surface area contributed by atoms with Crippen molar-refractivity contribution in [3.8, 4) is 0 Å². The average molecular weight is 426 g/mol. The summed E-state index contributed by atoms with van der Waals surface area (Å²) in [6, 6.07) is 4.82. The maximum Gasteiger partial charge on any atom is 0.253 e. The number of hydrogen-bond donors (Lipinski definition) is 7. The number of carbonyl (C=O) groups is 3. The van der Waals surface area contributed by atoms with Crippen LogP contribution in [0.15, 0.2) is 24.3 Å². The second kappa shape index (κ2) is 10.9. The minimum absolute atomic E-state index is 0.0425. The van der Waals surface area contributed by atoms with Crippen molar-refractivity contribution in [1.29, 1.82) is 0 Å². The van der Waals surface area contributed by atoms with Crippen molar-refractivity contribution in [3.63, 3.8) is 0 Å². The van der Waals surface area contributed by atoms with Crippen LogP contribution in [0, 0.1) is 11.8 Å². The SMILES string of the molecule is CNC(=O)C(Cc1ccc(N(O)O)cc1)NC(=O)C(O)(CC(C)C)C(C)C(=O)NO. The number of carbonyl (C=O) groups excluding carboxylic acids is 3. The third-order valence-electron chi connectivity index (χ3n) is 4.81. The van der Waals surface area contributed by atoms with Gasteiger partial charge in [-0.2, -0.15) is 0 Å². The van der Waals surface area contributed by atoms with E-state index >= 15 is 0 Å². The molecule has 11 nitrogen and oxygen atoms in total. The maximum absolute atomic E-state index is 13.0. The van der Waals surface area contributed by atoms with E-state index < -0.39 is 35.3 Å². The number of nitrogens with one attached hydrogen (secondary N) is 3. The molecule has 0 spiro atoms. The summed E-state index contributed by atoms with van der Waals surface area (Å²) in [5.41, 5.74) is -0.0184. The van der Waals surface area contributed by atoms with E-state index in [0.29, 0.717) is 5.56 Å². The third-order valence-corrected chi connectivity index (χ3v) is 4.81. The molecule has 1 rings (SSSR count). The summed E-state index contributed by atoms with van der Waals surface area (Å²) < 4.78 is 0. The van der Waals surface area contributed by atoms with Gasteiger partial charge in [0.2, 0.25) is 11.8 Å². The molecule has 0 saturated carbocycles. The van der Waals surface area contributed by atoms with Crippen molar-refractivity contribution in [2.45, 2.75) is 45.3 Å². The molecule has 1 aromatic rings. The van der Waals surface area contributed by atoms with Crippen LogP contribution in [0.25, 0.3) is 0 Å². The minimum Gasteiger partial charge on any atom is -0.379 e. The van der Waals surface area contributed by atoms with Gasteiger partial charge in [-0.1, -0.05) is 32.9 Å². The van der Waals surface area contributed by atoms with Gasteiger partial charge < -0.3 is 15.7 Å². The van der Waals surface area contributed by atoms with Crippen molar-refractivity contribution in [2.24, 2.45) is 11.8 Å². The molecular formula is C19H30N4O7. The number of hydroxylamine groups is 1. The lowest BCUT2D eigenvalue weighted by molar-refractivity contribution is -0.159. The molecule has 3 atom stereocenters. The highest BCUT2D eigenvalue weighted by Crippen LogP contribution is 2.27. The van der Waals surface area contributed by atoms with Crippen molar-refractivity contribution >= 4 is 23.4 Å². The predicted octanol–water partition coefficient (Wildman–Crippen LogP) is -0.0366. The van der Waals surface area contributed by atoms with Gasteiger partial charge in [0.15, 0.2) is 5.60 Å².